The lowest BCUT2D eigenvalue weighted by atomic mass is 10.1. The summed E-state index contributed by atoms with van der Waals surface area (Å²) in [7, 11) is 0. The molecule has 0 aromatic rings. The molecule has 0 heterocycles. The second-order valence-corrected chi connectivity index (χ2v) is 5.43. The minimum atomic E-state index is -0.547. The third-order valence-electron chi connectivity index (χ3n) is 2.54. The van der Waals surface area contributed by atoms with Gasteiger partial charge in [-0.25, -0.2) is 0 Å². The van der Waals surface area contributed by atoms with Crippen LogP contribution in [0.2, 0.25) is 0 Å². The summed E-state index contributed by atoms with van der Waals surface area (Å²) in [5.74, 6) is -1.87. The molecule has 0 amide bonds. The Labute approximate surface area is 107 Å². The molecule has 0 bridgehead atoms. The van der Waals surface area contributed by atoms with Crippen LogP contribution < -0.4 is 0 Å². The van der Waals surface area contributed by atoms with Crippen molar-refractivity contribution in [2.24, 2.45) is 11.8 Å². The first-order valence-corrected chi connectivity index (χ1v) is 6.15. The fourth-order valence-electron chi connectivity index (χ4n) is 1.67. The minimum Gasteiger partial charge on any atom is -0.466 e. The van der Waals surface area contributed by atoms with Crippen molar-refractivity contribution in [3.05, 3.63) is 0 Å². The number of Topliss-reactive ketones (excluding diaryl/α,β-unsaturated/α-hetero) is 1. The maximum absolute atomic E-state index is 11.7. The maximum atomic E-state index is 11.7. The second-order valence-electron chi connectivity index (χ2n) is 5.43. The molecule has 0 spiro atoms. The largest absolute Gasteiger partial charge is 0.466 e. The second kappa shape index (κ2) is 5.50. The van der Waals surface area contributed by atoms with Crippen LogP contribution >= 0.6 is 0 Å². The smallest absolute Gasteiger partial charge is 0.313 e. The lowest BCUT2D eigenvalue weighted by Gasteiger charge is -2.19. The van der Waals surface area contributed by atoms with E-state index in [1.54, 1.807) is 27.7 Å². The van der Waals surface area contributed by atoms with Crippen molar-refractivity contribution in [3.8, 4) is 0 Å². The quantitative estimate of drug-likeness (QED) is 0.550. The van der Waals surface area contributed by atoms with E-state index in [1.165, 1.54) is 0 Å². The van der Waals surface area contributed by atoms with Gasteiger partial charge in [-0.15, -0.1) is 0 Å². The lowest BCUT2D eigenvalue weighted by Crippen LogP contribution is -2.26. The van der Waals surface area contributed by atoms with Gasteiger partial charge >= 0.3 is 11.9 Å². The molecular formula is C13H20O5. The highest BCUT2D eigenvalue weighted by molar-refractivity contribution is 6.00. The van der Waals surface area contributed by atoms with Crippen LogP contribution in [0.25, 0.3) is 0 Å². The zero-order chi connectivity index (χ0) is 13.9. The zero-order valence-electron chi connectivity index (χ0n) is 11.3. The summed E-state index contributed by atoms with van der Waals surface area (Å²) >= 11 is 0. The summed E-state index contributed by atoms with van der Waals surface area (Å²) in [5.41, 5.74) is -0.547. The van der Waals surface area contributed by atoms with Crippen molar-refractivity contribution in [2.45, 2.75) is 46.1 Å². The highest BCUT2D eigenvalue weighted by atomic mass is 16.6. The fourth-order valence-corrected chi connectivity index (χ4v) is 1.67. The number of carbonyl (C=O) groups excluding carboxylic acids is 3. The normalized spacial score (nSPS) is 22.2. The van der Waals surface area contributed by atoms with Gasteiger partial charge in [0.1, 0.15) is 17.8 Å². The molecule has 0 N–H and O–H groups in total. The lowest BCUT2D eigenvalue weighted by molar-refractivity contribution is -0.158. The van der Waals surface area contributed by atoms with Gasteiger partial charge < -0.3 is 9.47 Å². The van der Waals surface area contributed by atoms with Gasteiger partial charge in [-0.2, -0.15) is 0 Å². The molecule has 2 atom stereocenters. The van der Waals surface area contributed by atoms with E-state index in [-0.39, 0.29) is 36.6 Å². The van der Waals surface area contributed by atoms with Crippen molar-refractivity contribution in [3.63, 3.8) is 0 Å². The van der Waals surface area contributed by atoms with Crippen LogP contribution in [0.5, 0.6) is 0 Å². The molecule has 1 aliphatic rings. The SMILES string of the molecule is CCOC(=O)CC(=O)[C@@H]1C[C@@H]1C(=O)OC(C)(C)C. The summed E-state index contributed by atoms with van der Waals surface area (Å²) in [6.45, 7) is 7.28. The van der Waals surface area contributed by atoms with E-state index in [1.807, 2.05) is 0 Å². The number of rotatable bonds is 5. The predicted octanol–water partition coefficient (Wildman–Crippen LogP) is 1.49. The number of ketones is 1. The molecule has 5 heteroatoms. The Balaban J connectivity index is 2.38. The number of carbonyl (C=O) groups is 3. The first-order chi connectivity index (χ1) is 8.24. The minimum absolute atomic E-state index is 0.232. The summed E-state index contributed by atoms with van der Waals surface area (Å²) in [6.07, 6.45) is 0.227. The van der Waals surface area contributed by atoms with E-state index in [0.29, 0.717) is 6.42 Å². The molecule has 0 aromatic heterocycles. The van der Waals surface area contributed by atoms with E-state index >= 15 is 0 Å². The molecule has 102 valence electrons. The highest BCUT2D eigenvalue weighted by Gasteiger charge is 2.49. The van der Waals surface area contributed by atoms with Crippen LogP contribution in [0.1, 0.15) is 40.5 Å². The van der Waals surface area contributed by atoms with Crippen molar-refractivity contribution in [2.75, 3.05) is 6.61 Å². The van der Waals surface area contributed by atoms with Crippen molar-refractivity contribution in [1.82, 2.24) is 0 Å². The molecule has 0 radical (unpaired) electrons. The summed E-state index contributed by atoms with van der Waals surface area (Å²) < 4.78 is 9.88. The third kappa shape index (κ3) is 4.47. The van der Waals surface area contributed by atoms with E-state index < -0.39 is 11.6 Å². The van der Waals surface area contributed by atoms with Crippen LogP contribution in [0, 0.1) is 11.8 Å². The molecule has 0 saturated heterocycles. The Morgan fingerprint density at radius 3 is 2.28 bits per heavy atom. The molecule has 0 unspecified atom stereocenters. The standard InChI is InChI=1S/C13H20O5/c1-5-17-11(15)7-10(14)8-6-9(8)12(16)18-13(2,3)4/h8-9H,5-7H2,1-4H3/t8-,9+/m1/s1. The number of hydrogen-bond donors (Lipinski definition) is 0. The average Bonchev–Trinajstić information content (AvgIpc) is 2.93. The van der Waals surface area contributed by atoms with Crippen LogP contribution in [0.3, 0.4) is 0 Å². The highest BCUT2D eigenvalue weighted by Crippen LogP contribution is 2.41. The van der Waals surface area contributed by atoms with Crippen molar-refractivity contribution in [1.29, 1.82) is 0 Å². The van der Waals surface area contributed by atoms with Gasteiger partial charge in [-0.05, 0) is 34.1 Å². The van der Waals surface area contributed by atoms with Crippen LogP contribution in [0.4, 0.5) is 0 Å². The molecule has 1 saturated carbocycles. The maximum Gasteiger partial charge on any atom is 0.313 e. The Bertz CT molecular complexity index is 353. The number of hydrogen-bond acceptors (Lipinski definition) is 5. The van der Waals surface area contributed by atoms with Gasteiger partial charge in [-0.1, -0.05) is 0 Å². The van der Waals surface area contributed by atoms with Crippen LogP contribution in [-0.2, 0) is 23.9 Å². The predicted molar refractivity (Wildman–Crippen MR) is 63.7 cm³/mol. The fraction of sp³-hybridized carbons (Fsp3) is 0.769. The van der Waals surface area contributed by atoms with Crippen molar-refractivity contribution >= 4 is 17.7 Å². The van der Waals surface area contributed by atoms with Gasteiger partial charge in [0.15, 0.2) is 0 Å². The molecule has 5 nitrogen and oxygen atoms in total. The Morgan fingerprint density at radius 2 is 1.78 bits per heavy atom. The summed E-state index contributed by atoms with van der Waals surface area (Å²) in [6, 6.07) is 0. The Kier molecular flexibility index (Phi) is 4.48. The van der Waals surface area contributed by atoms with Gasteiger partial charge in [0, 0.05) is 5.92 Å². The zero-order valence-corrected chi connectivity index (χ0v) is 11.3. The molecule has 1 fully saturated rings. The third-order valence-corrected chi connectivity index (χ3v) is 2.54. The average molecular weight is 256 g/mol. The Morgan fingerprint density at radius 1 is 1.17 bits per heavy atom. The van der Waals surface area contributed by atoms with E-state index in [2.05, 4.69) is 0 Å². The van der Waals surface area contributed by atoms with Gasteiger partial charge in [0.05, 0.1) is 12.5 Å². The van der Waals surface area contributed by atoms with Gasteiger partial charge in [-0.3, -0.25) is 14.4 Å². The monoisotopic (exact) mass is 256 g/mol. The molecule has 0 aliphatic heterocycles. The van der Waals surface area contributed by atoms with Crippen LogP contribution in [0.15, 0.2) is 0 Å². The first-order valence-electron chi connectivity index (χ1n) is 6.15. The molecule has 0 aromatic carbocycles. The summed E-state index contributed by atoms with van der Waals surface area (Å²) in [4.78, 5) is 34.5. The number of esters is 2. The molecule has 1 aliphatic carbocycles. The van der Waals surface area contributed by atoms with Gasteiger partial charge in [0.25, 0.3) is 0 Å². The van der Waals surface area contributed by atoms with E-state index in [4.69, 9.17) is 9.47 Å². The topological polar surface area (TPSA) is 69.7 Å². The van der Waals surface area contributed by atoms with E-state index in [9.17, 15) is 14.4 Å². The number of ether oxygens (including phenoxy) is 2. The first kappa shape index (κ1) is 14.7. The summed E-state index contributed by atoms with van der Waals surface area (Å²) in [5, 5.41) is 0. The Hall–Kier alpha value is -1.39. The molecule has 18 heavy (non-hydrogen) atoms. The molecule has 1 rings (SSSR count). The van der Waals surface area contributed by atoms with Crippen LogP contribution in [-0.4, -0.2) is 29.9 Å². The van der Waals surface area contributed by atoms with Gasteiger partial charge in [0.2, 0.25) is 0 Å². The molecular weight excluding hydrogens is 236 g/mol. The van der Waals surface area contributed by atoms with Crippen molar-refractivity contribution < 1.29 is 23.9 Å². The van der Waals surface area contributed by atoms with E-state index in [0.717, 1.165) is 0 Å².